The molecule has 33 heavy (non-hydrogen) atoms. The number of hydrogen-bond donors (Lipinski definition) is 2. The largest absolute Gasteiger partial charge is 0.422 e. The van der Waals surface area contributed by atoms with Crippen LogP contribution in [0.5, 0.6) is 0 Å². The number of nitrogens with one attached hydrogen (secondary N) is 2. The molecule has 0 aliphatic carbocycles. The van der Waals surface area contributed by atoms with Gasteiger partial charge >= 0.3 is 6.18 Å². The predicted molar refractivity (Wildman–Crippen MR) is 118 cm³/mol. The molecule has 3 aromatic heterocycles. The van der Waals surface area contributed by atoms with Crippen molar-refractivity contribution in [2.24, 2.45) is 0 Å². The second-order valence-corrected chi connectivity index (χ2v) is 7.92. The number of aromatic nitrogens is 3. The number of carbonyl (C=O) groups is 1. The predicted octanol–water partition coefficient (Wildman–Crippen LogP) is 3.29. The summed E-state index contributed by atoms with van der Waals surface area (Å²) in [7, 11) is 1.56. The molecule has 0 spiro atoms. The molecular weight excluding hydrogens is 435 g/mol. The maximum atomic E-state index is 13.2. The van der Waals surface area contributed by atoms with Crippen molar-refractivity contribution in [3.63, 3.8) is 0 Å². The number of alkyl halides is 3. The molecule has 3 aromatic rings. The van der Waals surface area contributed by atoms with Gasteiger partial charge in [-0.05, 0) is 47.7 Å². The molecule has 10 heteroatoms. The first-order valence-corrected chi connectivity index (χ1v) is 10.4. The van der Waals surface area contributed by atoms with E-state index in [0.29, 0.717) is 24.3 Å². The van der Waals surface area contributed by atoms with E-state index < -0.39 is 17.3 Å². The van der Waals surface area contributed by atoms with Crippen LogP contribution in [-0.2, 0) is 12.7 Å². The van der Waals surface area contributed by atoms with Crippen LogP contribution in [0.15, 0.2) is 41.5 Å². The highest BCUT2D eigenvalue weighted by atomic mass is 19.4. The Morgan fingerprint density at radius 2 is 2.03 bits per heavy atom. The number of carbonyl (C=O) groups excluding carboxylic acids is 1. The average Bonchev–Trinajstić information content (AvgIpc) is 2.78. The maximum absolute atomic E-state index is 13.2. The number of aromatic amines is 1. The zero-order chi connectivity index (χ0) is 23.8. The minimum atomic E-state index is -4.73. The quantitative estimate of drug-likeness (QED) is 0.628. The van der Waals surface area contributed by atoms with E-state index in [1.807, 2.05) is 6.07 Å². The Bertz CT molecular complexity index is 1300. The normalized spacial score (nSPS) is 14.9. The Balaban J connectivity index is 1.49. The summed E-state index contributed by atoms with van der Waals surface area (Å²) in [5.41, 5.74) is 1.15. The SMILES string of the molecule is CNC(=O)c1ccc(C2=CCN(Cc3cnc4c(C)c(C(F)(F)F)c(=O)[nH]c4c3)CC2)cn1. The number of H-pyrrole nitrogens is 1. The molecule has 4 heterocycles. The third kappa shape index (κ3) is 4.65. The number of pyridine rings is 3. The third-order valence-electron chi connectivity index (χ3n) is 5.73. The number of aryl methyl sites for hydroxylation is 1. The summed E-state index contributed by atoms with van der Waals surface area (Å²) >= 11 is 0. The topological polar surface area (TPSA) is 91.0 Å². The van der Waals surface area contributed by atoms with Gasteiger partial charge in [-0.1, -0.05) is 12.1 Å². The van der Waals surface area contributed by atoms with Crippen molar-refractivity contribution in [2.75, 3.05) is 20.1 Å². The highest BCUT2D eigenvalue weighted by Gasteiger charge is 2.36. The van der Waals surface area contributed by atoms with Gasteiger partial charge in [-0.25, -0.2) is 0 Å². The zero-order valence-electron chi connectivity index (χ0n) is 18.1. The molecule has 172 valence electrons. The summed E-state index contributed by atoms with van der Waals surface area (Å²) in [4.78, 5) is 36.5. The third-order valence-corrected chi connectivity index (χ3v) is 5.73. The molecule has 0 bridgehead atoms. The van der Waals surface area contributed by atoms with Crippen molar-refractivity contribution in [1.82, 2.24) is 25.2 Å². The van der Waals surface area contributed by atoms with Crippen molar-refractivity contribution >= 4 is 22.5 Å². The van der Waals surface area contributed by atoms with Gasteiger partial charge < -0.3 is 10.3 Å². The van der Waals surface area contributed by atoms with E-state index in [0.717, 1.165) is 29.7 Å². The van der Waals surface area contributed by atoms with Crippen molar-refractivity contribution in [1.29, 1.82) is 0 Å². The van der Waals surface area contributed by atoms with E-state index in [-0.39, 0.29) is 17.0 Å². The number of rotatable bonds is 4. The molecule has 2 N–H and O–H groups in total. The number of amides is 1. The Hall–Kier alpha value is -3.53. The van der Waals surface area contributed by atoms with E-state index in [9.17, 15) is 22.8 Å². The van der Waals surface area contributed by atoms with Gasteiger partial charge in [0.1, 0.15) is 11.3 Å². The number of fused-ring (bicyclic) bond motifs is 1. The fraction of sp³-hybridized carbons (Fsp3) is 0.304. The average molecular weight is 457 g/mol. The standard InChI is InChI=1S/C23H22F3N5O2/c1-13-19(23(24,25)26)22(33)30-18-9-14(10-29-20(13)18)12-31-7-5-15(6-8-31)16-3-4-17(28-11-16)21(32)27-2/h3-5,9-11H,6-8,12H2,1-2H3,(H,27,32)(H,30,33). The van der Waals surface area contributed by atoms with Crippen LogP contribution in [-0.4, -0.2) is 45.9 Å². The van der Waals surface area contributed by atoms with E-state index >= 15 is 0 Å². The molecule has 7 nitrogen and oxygen atoms in total. The fourth-order valence-corrected chi connectivity index (χ4v) is 4.02. The minimum absolute atomic E-state index is 0.138. The lowest BCUT2D eigenvalue weighted by Crippen LogP contribution is -2.28. The second-order valence-electron chi connectivity index (χ2n) is 7.92. The van der Waals surface area contributed by atoms with Gasteiger partial charge in [-0.15, -0.1) is 0 Å². The molecule has 0 aromatic carbocycles. The molecule has 0 fully saturated rings. The van der Waals surface area contributed by atoms with Gasteiger partial charge in [-0.2, -0.15) is 13.2 Å². The molecule has 0 atom stereocenters. The van der Waals surface area contributed by atoms with Gasteiger partial charge in [-0.3, -0.25) is 24.5 Å². The van der Waals surface area contributed by atoms with Crippen LogP contribution in [0.3, 0.4) is 0 Å². The lowest BCUT2D eigenvalue weighted by Gasteiger charge is -2.26. The molecule has 0 radical (unpaired) electrons. The smallest absolute Gasteiger partial charge is 0.354 e. The lowest BCUT2D eigenvalue weighted by atomic mass is 10.0. The van der Waals surface area contributed by atoms with Crippen LogP contribution in [0.25, 0.3) is 16.6 Å². The number of halogens is 3. The molecule has 0 saturated carbocycles. The highest BCUT2D eigenvalue weighted by Crippen LogP contribution is 2.31. The lowest BCUT2D eigenvalue weighted by molar-refractivity contribution is -0.139. The van der Waals surface area contributed by atoms with Crippen LogP contribution < -0.4 is 10.9 Å². The molecule has 0 unspecified atom stereocenters. The molecule has 1 amide bonds. The summed E-state index contributed by atoms with van der Waals surface area (Å²) in [6.07, 6.45) is 1.38. The molecular formula is C23H22F3N5O2. The molecule has 0 saturated heterocycles. The van der Waals surface area contributed by atoms with Gasteiger partial charge in [0.25, 0.3) is 11.5 Å². The van der Waals surface area contributed by atoms with E-state index in [4.69, 9.17) is 0 Å². The summed E-state index contributed by atoms with van der Waals surface area (Å²) in [5, 5.41) is 2.54. The molecule has 1 aliphatic heterocycles. The Morgan fingerprint density at radius 3 is 2.64 bits per heavy atom. The first-order valence-electron chi connectivity index (χ1n) is 10.4. The fourth-order valence-electron chi connectivity index (χ4n) is 4.02. The Morgan fingerprint density at radius 1 is 1.24 bits per heavy atom. The van der Waals surface area contributed by atoms with Crippen molar-refractivity contribution in [3.8, 4) is 0 Å². The van der Waals surface area contributed by atoms with Crippen LogP contribution in [0, 0.1) is 6.92 Å². The van der Waals surface area contributed by atoms with E-state index in [1.54, 1.807) is 31.6 Å². The first kappa shape index (κ1) is 22.7. The summed E-state index contributed by atoms with van der Waals surface area (Å²) in [5.74, 6) is -0.236. The monoisotopic (exact) mass is 457 g/mol. The first-order chi connectivity index (χ1) is 15.7. The van der Waals surface area contributed by atoms with Crippen LogP contribution >= 0.6 is 0 Å². The second kappa shape index (κ2) is 8.78. The van der Waals surface area contributed by atoms with E-state index in [1.165, 1.54) is 6.92 Å². The van der Waals surface area contributed by atoms with Crippen LogP contribution in [0.4, 0.5) is 13.2 Å². The highest BCUT2D eigenvalue weighted by molar-refractivity contribution is 5.92. The number of nitrogens with zero attached hydrogens (tertiary/aromatic N) is 3. The molecule has 1 aliphatic rings. The minimum Gasteiger partial charge on any atom is -0.354 e. The Labute approximate surface area is 187 Å². The Kier molecular flexibility index (Phi) is 6.03. The van der Waals surface area contributed by atoms with Crippen molar-refractivity contribution in [2.45, 2.75) is 26.1 Å². The summed E-state index contributed by atoms with van der Waals surface area (Å²) in [6, 6.07) is 5.24. The molecule has 4 rings (SSSR count). The maximum Gasteiger partial charge on any atom is 0.422 e. The van der Waals surface area contributed by atoms with Crippen molar-refractivity contribution < 1.29 is 18.0 Å². The van der Waals surface area contributed by atoms with Crippen LogP contribution in [0.2, 0.25) is 0 Å². The summed E-state index contributed by atoms with van der Waals surface area (Å²) < 4.78 is 39.5. The zero-order valence-corrected chi connectivity index (χ0v) is 18.1. The van der Waals surface area contributed by atoms with Gasteiger partial charge in [0.15, 0.2) is 0 Å². The van der Waals surface area contributed by atoms with Gasteiger partial charge in [0.05, 0.1) is 11.0 Å². The van der Waals surface area contributed by atoms with E-state index in [2.05, 4.69) is 31.2 Å². The van der Waals surface area contributed by atoms with Gasteiger partial charge in [0, 0.05) is 39.1 Å². The van der Waals surface area contributed by atoms with Gasteiger partial charge in [0.2, 0.25) is 0 Å². The van der Waals surface area contributed by atoms with Crippen LogP contribution in [0.1, 0.15) is 39.2 Å². The van der Waals surface area contributed by atoms with Crippen molar-refractivity contribution in [3.05, 3.63) is 75.0 Å². The summed E-state index contributed by atoms with van der Waals surface area (Å²) in [6.45, 7) is 3.25. The number of hydrogen-bond acceptors (Lipinski definition) is 5.